The minimum absolute atomic E-state index is 0.0760. The number of nitrogens with one attached hydrogen (secondary N) is 2. The average Bonchev–Trinajstić information content (AvgIpc) is 2.27. The van der Waals surface area contributed by atoms with Crippen molar-refractivity contribution in [3.8, 4) is 0 Å². The summed E-state index contributed by atoms with van der Waals surface area (Å²) in [6, 6.07) is 1.34. The van der Waals surface area contributed by atoms with Crippen molar-refractivity contribution in [2.24, 2.45) is 0 Å². The number of carbonyl (C=O) groups is 1. The van der Waals surface area contributed by atoms with Gasteiger partial charge < -0.3 is 16.4 Å². The van der Waals surface area contributed by atoms with Crippen LogP contribution in [-0.2, 0) is 4.79 Å². The molecule has 0 aliphatic heterocycles. The summed E-state index contributed by atoms with van der Waals surface area (Å²) >= 11 is 1.40. The molecule has 0 aliphatic rings. The van der Waals surface area contributed by atoms with Crippen molar-refractivity contribution in [1.29, 1.82) is 0 Å². The molecule has 6 nitrogen and oxygen atoms in total. The second kappa shape index (κ2) is 6.44. The van der Waals surface area contributed by atoms with E-state index in [1.807, 2.05) is 20.1 Å². The average molecular weight is 269 g/mol. The Labute approximate surface area is 111 Å². The molecule has 1 atom stereocenters. The number of hydrogen-bond donors (Lipinski definition) is 3. The first-order valence-corrected chi connectivity index (χ1v) is 6.90. The molecule has 0 spiro atoms. The number of carbonyl (C=O) groups excluding carboxylic acids is 1. The number of amides is 1. The quantitative estimate of drug-likeness (QED) is 0.547. The number of thioether (sulfide) groups is 1. The highest BCUT2D eigenvalue weighted by molar-refractivity contribution is 7.98. The minimum atomic E-state index is -0.378. The van der Waals surface area contributed by atoms with Crippen LogP contribution in [0.25, 0.3) is 0 Å². The molecular weight excluding hydrogens is 250 g/mol. The van der Waals surface area contributed by atoms with Gasteiger partial charge in [-0.3, -0.25) is 4.79 Å². The van der Waals surface area contributed by atoms with Crippen LogP contribution in [0.15, 0.2) is 11.2 Å². The lowest BCUT2D eigenvalue weighted by Crippen LogP contribution is -2.41. The van der Waals surface area contributed by atoms with E-state index < -0.39 is 0 Å². The highest BCUT2D eigenvalue weighted by atomic mass is 32.2. The number of hydrogen-bond acceptors (Lipinski definition) is 6. The Hall–Kier alpha value is -1.50. The minimum Gasteiger partial charge on any atom is -0.383 e. The number of nitrogen functional groups attached to an aromatic ring is 1. The molecule has 100 valence electrons. The highest BCUT2D eigenvalue weighted by Crippen LogP contribution is 2.15. The first kappa shape index (κ1) is 14.6. The molecule has 1 unspecified atom stereocenters. The summed E-state index contributed by atoms with van der Waals surface area (Å²) in [6.45, 7) is 5.60. The molecule has 0 aliphatic carbocycles. The van der Waals surface area contributed by atoms with E-state index in [9.17, 15) is 4.79 Å². The maximum absolute atomic E-state index is 11.7. The molecule has 0 fully saturated rings. The fraction of sp³-hybridized carbons (Fsp3) is 0.545. The van der Waals surface area contributed by atoms with E-state index in [-0.39, 0.29) is 18.0 Å². The lowest BCUT2D eigenvalue weighted by molar-refractivity contribution is -0.122. The van der Waals surface area contributed by atoms with Crippen molar-refractivity contribution in [3.63, 3.8) is 0 Å². The maximum Gasteiger partial charge on any atom is 0.242 e. The first-order valence-electron chi connectivity index (χ1n) is 5.68. The second-order valence-electron chi connectivity index (χ2n) is 4.19. The van der Waals surface area contributed by atoms with E-state index in [1.165, 1.54) is 11.8 Å². The molecule has 0 saturated heterocycles. The maximum atomic E-state index is 11.7. The van der Waals surface area contributed by atoms with E-state index in [1.54, 1.807) is 13.0 Å². The van der Waals surface area contributed by atoms with Crippen molar-refractivity contribution in [2.75, 3.05) is 17.3 Å². The predicted octanol–water partition coefficient (Wildman–Crippen LogP) is 1.11. The van der Waals surface area contributed by atoms with E-state index in [0.717, 1.165) is 0 Å². The number of rotatable bonds is 5. The Morgan fingerprint density at radius 1 is 1.39 bits per heavy atom. The third-order valence-electron chi connectivity index (χ3n) is 2.10. The summed E-state index contributed by atoms with van der Waals surface area (Å²) < 4.78 is 0. The Kier molecular flexibility index (Phi) is 5.21. The highest BCUT2D eigenvalue weighted by Gasteiger charge is 2.14. The molecule has 0 bridgehead atoms. The van der Waals surface area contributed by atoms with Gasteiger partial charge in [-0.05, 0) is 27.0 Å². The second-order valence-corrected chi connectivity index (χ2v) is 4.97. The first-order chi connectivity index (χ1) is 8.42. The van der Waals surface area contributed by atoms with E-state index in [4.69, 9.17) is 5.73 Å². The van der Waals surface area contributed by atoms with Gasteiger partial charge >= 0.3 is 0 Å². The van der Waals surface area contributed by atoms with Gasteiger partial charge in [-0.25, -0.2) is 9.97 Å². The third kappa shape index (κ3) is 4.40. The largest absolute Gasteiger partial charge is 0.383 e. The number of aromatic nitrogens is 2. The Balaban J connectivity index is 2.72. The van der Waals surface area contributed by atoms with Crippen molar-refractivity contribution < 1.29 is 4.79 Å². The SMILES string of the molecule is CSc1nc(N)cc(NC(C)C(=O)NC(C)C)n1. The molecule has 7 heteroatoms. The molecule has 0 aromatic carbocycles. The van der Waals surface area contributed by atoms with Crippen LogP contribution in [0.2, 0.25) is 0 Å². The van der Waals surface area contributed by atoms with Gasteiger partial charge in [0.05, 0.1) is 0 Å². The van der Waals surface area contributed by atoms with Gasteiger partial charge in [0.25, 0.3) is 0 Å². The summed E-state index contributed by atoms with van der Waals surface area (Å²) in [5, 5.41) is 6.41. The summed E-state index contributed by atoms with van der Waals surface area (Å²) in [6.07, 6.45) is 1.87. The molecule has 1 heterocycles. The molecule has 18 heavy (non-hydrogen) atoms. The van der Waals surface area contributed by atoms with Crippen LogP contribution in [0.4, 0.5) is 11.6 Å². The van der Waals surface area contributed by atoms with Crippen LogP contribution >= 0.6 is 11.8 Å². The molecule has 0 saturated carbocycles. The van der Waals surface area contributed by atoms with Crippen LogP contribution in [0, 0.1) is 0 Å². The van der Waals surface area contributed by atoms with Crippen LogP contribution in [0.3, 0.4) is 0 Å². The molecular formula is C11H19N5OS. The fourth-order valence-corrected chi connectivity index (χ4v) is 1.69. The van der Waals surface area contributed by atoms with E-state index >= 15 is 0 Å². The van der Waals surface area contributed by atoms with Gasteiger partial charge in [0, 0.05) is 12.1 Å². The molecule has 1 rings (SSSR count). The Morgan fingerprint density at radius 2 is 2.06 bits per heavy atom. The smallest absolute Gasteiger partial charge is 0.242 e. The fourth-order valence-electron chi connectivity index (χ4n) is 1.31. The Bertz CT molecular complexity index is 424. The van der Waals surface area contributed by atoms with Gasteiger partial charge in [0.2, 0.25) is 5.91 Å². The number of nitrogens with two attached hydrogens (primary N) is 1. The van der Waals surface area contributed by atoms with Crippen LogP contribution in [0.5, 0.6) is 0 Å². The van der Waals surface area contributed by atoms with Crippen molar-refractivity contribution in [1.82, 2.24) is 15.3 Å². The Morgan fingerprint density at radius 3 is 2.61 bits per heavy atom. The zero-order valence-corrected chi connectivity index (χ0v) is 11.8. The zero-order chi connectivity index (χ0) is 13.7. The van der Waals surface area contributed by atoms with Crippen LogP contribution < -0.4 is 16.4 Å². The van der Waals surface area contributed by atoms with E-state index in [2.05, 4.69) is 20.6 Å². The summed E-state index contributed by atoms with van der Waals surface area (Å²) in [5.41, 5.74) is 5.66. The van der Waals surface area contributed by atoms with Crippen molar-refractivity contribution >= 4 is 29.3 Å². The monoisotopic (exact) mass is 269 g/mol. The lowest BCUT2D eigenvalue weighted by Gasteiger charge is -2.16. The number of nitrogens with zero attached hydrogens (tertiary/aromatic N) is 2. The lowest BCUT2D eigenvalue weighted by atomic mass is 10.3. The van der Waals surface area contributed by atoms with Crippen LogP contribution in [0.1, 0.15) is 20.8 Å². The standard InChI is InChI=1S/C11H19N5OS/c1-6(2)13-10(17)7(3)14-9-5-8(12)15-11(16-9)18-4/h5-7H,1-4H3,(H,13,17)(H3,12,14,15,16). The molecule has 4 N–H and O–H groups in total. The van der Waals surface area contributed by atoms with Crippen molar-refractivity contribution in [2.45, 2.75) is 38.0 Å². The third-order valence-corrected chi connectivity index (χ3v) is 2.64. The molecule has 0 radical (unpaired) electrons. The molecule has 1 amide bonds. The van der Waals surface area contributed by atoms with Crippen molar-refractivity contribution in [3.05, 3.63) is 6.07 Å². The van der Waals surface area contributed by atoms with Gasteiger partial charge in [-0.2, -0.15) is 0 Å². The van der Waals surface area contributed by atoms with Gasteiger partial charge in [0.15, 0.2) is 5.16 Å². The van der Waals surface area contributed by atoms with Gasteiger partial charge in [-0.1, -0.05) is 11.8 Å². The van der Waals surface area contributed by atoms with Gasteiger partial charge in [-0.15, -0.1) is 0 Å². The molecule has 1 aromatic heterocycles. The summed E-state index contributed by atoms with van der Waals surface area (Å²) in [4.78, 5) is 20.0. The van der Waals surface area contributed by atoms with E-state index in [0.29, 0.717) is 16.8 Å². The van der Waals surface area contributed by atoms with Gasteiger partial charge in [0.1, 0.15) is 17.7 Å². The summed E-state index contributed by atoms with van der Waals surface area (Å²) in [5.74, 6) is 0.861. The topological polar surface area (TPSA) is 92.9 Å². The summed E-state index contributed by atoms with van der Waals surface area (Å²) in [7, 11) is 0. The normalized spacial score (nSPS) is 12.3. The number of anilines is 2. The zero-order valence-electron chi connectivity index (χ0n) is 11.0. The molecule has 1 aromatic rings. The predicted molar refractivity (Wildman–Crippen MR) is 74.6 cm³/mol. The van der Waals surface area contributed by atoms with Crippen LogP contribution in [-0.4, -0.2) is 34.2 Å².